The van der Waals surface area contributed by atoms with Crippen molar-refractivity contribution in [2.75, 3.05) is 13.1 Å². The lowest BCUT2D eigenvalue weighted by Crippen LogP contribution is -2.29. The van der Waals surface area contributed by atoms with Gasteiger partial charge < -0.3 is 15.5 Å². The monoisotopic (exact) mass is 248 g/mol. The standard InChI is InChI=1S/C15H24N2O/c1-9-5-11(9)8-17-13(7-16)15-4-3-14(18-15)12-6-10(12)2/h3-4,9-13,17H,5-8,16H2,1-2H3. The van der Waals surface area contributed by atoms with Crippen molar-refractivity contribution in [1.82, 2.24) is 5.32 Å². The Hall–Kier alpha value is -0.800. The zero-order chi connectivity index (χ0) is 12.7. The lowest BCUT2D eigenvalue weighted by atomic mass is 10.2. The van der Waals surface area contributed by atoms with Crippen LogP contribution in [0.5, 0.6) is 0 Å². The van der Waals surface area contributed by atoms with Gasteiger partial charge in [0.2, 0.25) is 0 Å². The van der Waals surface area contributed by atoms with E-state index in [0.717, 1.165) is 35.8 Å². The van der Waals surface area contributed by atoms with Gasteiger partial charge in [0.1, 0.15) is 11.5 Å². The third-order valence-electron chi connectivity index (χ3n) is 4.60. The molecule has 3 heteroatoms. The lowest BCUT2D eigenvalue weighted by molar-refractivity contribution is 0.388. The number of nitrogens with two attached hydrogens (primary N) is 1. The van der Waals surface area contributed by atoms with Gasteiger partial charge in [0.15, 0.2) is 0 Å². The summed E-state index contributed by atoms with van der Waals surface area (Å²) in [6, 6.07) is 4.41. The molecule has 100 valence electrons. The van der Waals surface area contributed by atoms with Crippen LogP contribution in [0.3, 0.4) is 0 Å². The molecular formula is C15H24N2O. The maximum atomic E-state index is 5.97. The van der Waals surface area contributed by atoms with Crippen LogP contribution in [0.25, 0.3) is 0 Å². The largest absolute Gasteiger partial charge is 0.464 e. The first-order valence-electron chi connectivity index (χ1n) is 7.22. The smallest absolute Gasteiger partial charge is 0.122 e. The van der Waals surface area contributed by atoms with E-state index in [4.69, 9.17) is 10.2 Å². The molecule has 2 aliphatic carbocycles. The summed E-state index contributed by atoms with van der Waals surface area (Å²) in [7, 11) is 0. The van der Waals surface area contributed by atoms with Crippen molar-refractivity contribution in [2.45, 2.75) is 38.6 Å². The first kappa shape index (κ1) is 12.2. The molecule has 1 aromatic heterocycles. The molecule has 0 amide bonds. The Balaban J connectivity index is 1.58. The Morgan fingerprint density at radius 1 is 1.33 bits per heavy atom. The van der Waals surface area contributed by atoms with Crippen LogP contribution in [-0.4, -0.2) is 13.1 Å². The van der Waals surface area contributed by atoms with E-state index in [-0.39, 0.29) is 6.04 Å². The molecular weight excluding hydrogens is 224 g/mol. The van der Waals surface area contributed by atoms with Crippen molar-refractivity contribution in [1.29, 1.82) is 0 Å². The van der Waals surface area contributed by atoms with Gasteiger partial charge in [0.05, 0.1) is 6.04 Å². The molecule has 0 spiro atoms. The Morgan fingerprint density at radius 2 is 2.06 bits per heavy atom. The number of furan rings is 1. The molecule has 3 N–H and O–H groups in total. The molecule has 0 aliphatic heterocycles. The van der Waals surface area contributed by atoms with Crippen LogP contribution in [0.15, 0.2) is 16.5 Å². The highest BCUT2D eigenvalue weighted by molar-refractivity contribution is 5.19. The molecule has 18 heavy (non-hydrogen) atoms. The summed E-state index contributed by atoms with van der Waals surface area (Å²) in [5.74, 6) is 5.34. The van der Waals surface area contributed by atoms with E-state index in [2.05, 4.69) is 31.3 Å². The third-order valence-corrected chi connectivity index (χ3v) is 4.60. The molecule has 0 radical (unpaired) electrons. The van der Waals surface area contributed by atoms with E-state index in [0.29, 0.717) is 12.5 Å². The number of nitrogens with one attached hydrogen (secondary N) is 1. The molecule has 5 atom stereocenters. The molecule has 0 bridgehead atoms. The summed E-state index contributed by atoms with van der Waals surface area (Å²) < 4.78 is 5.97. The second-order valence-electron chi connectivity index (χ2n) is 6.23. The third kappa shape index (κ3) is 2.47. The van der Waals surface area contributed by atoms with Gasteiger partial charge in [-0.25, -0.2) is 0 Å². The molecule has 5 unspecified atom stereocenters. The van der Waals surface area contributed by atoms with Crippen LogP contribution < -0.4 is 11.1 Å². The molecule has 3 rings (SSSR count). The first-order chi connectivity index (χ1) is 8.69. The zero-order valence-electron chi connectivity index (χ0n) is 11.4. The topological polar surface area (TPSA) is 51.2 Å². The van der Waals surface area contributed by atoms with Gasteiger partial charge in [-0.15, -0.1) is 0 Å². The molecule has 2 aliphatic rings. The van der Waals surface area contributed by atoms with Crippen molar-refractivity contribution < 1.29 is 4.42 Å². The Morgan fingerprint density at radius 3 is 2.61 bits per heavy atom. The van der Waals surface area contributed by atoms with Gasteiger partial charge >= 0.3 is 0 Å². The normalized spacial score (nSPS) is 35.5. The predicted octanol–water partition coefficient (Wildman–Crippen LogP) is 2.65. The fourth-order valence-electron chi connectivity index (χ4n) is 2.75. The van der Waals surface area contributed by atoms with Crippen molar-refractivity contribution in [3.63, 3.8) is 0 Å². The Bertz CT molecular complexity index is 414. The summed E-state index contributed by atoms with van der Waals surface area (Å²) in [5, 5.41) is 3.54. The number of hydrogen-bond acceptors (Lipinski definition) is 3. The summed E-state index contributed by atoms with van der Waals surface area (Å²) >= 11 is 0. The average Bonchev–Trinajstić information content (AvgIpc) is 3.20. The fourth-order valence-corrected chi connectivity index (χ4v) is 2.75. The molecule has 0 aromatic carbocycles. The Labute approximate surface area is 109 Å². The van der Waals surface area contributed by atoms with Crippen molar-refractivity contribution in [3.05, 3.63) is 23.7 Å². The van der Waals surface area contributed by atoms with E-state index in [1.165, 1.54) is 12.8 Å². The molecule has 1 heterocycles. The highest BCUT2D eigenvalue weighted by Gasteiger charge is 2.37. The maximum Gasteiger partial charge on any atom is 0.122 e. The highest BCUT2D eigenvalue weighted by Crippen LogP contribution is 2.47. The molecule has 2 saturated carbocycles. The minimum absolute atomic E-state index is 0.181. The molecule has 3 nitrogen and oxygen atoms in total. The molecule has 2 fully saturated rings. The Kier molecular flexibility index (Phi) is 3.20. The second kappa shape index (κ2) is 4.71. The van der Waals surface area contributed by atoms with E-state index >= 15 is 0 Å². The second-order valence-corrected chi connectivity index (χ2v) is 6.23. The lowest BCUT2D eigenvalue weighted by Gasteiger charge is -2.14. The highest BCUT2D eigenvalue weighted by atomic mass is 16.3. The maximum absolute atomic E-state index is 5.97. The predicted molar refractivity (Wildman–Crippen MR) is 72.3 cm³/mol. The SMILES string of the molecule is CC1CC1CNC(CN)c1ccc(C2CC2C)o1. The summed E-state index contributed by atoms with van der Waals surface area (Å²) in [4.78, 5) is 0. The van der Waals surface area contributed by atoms with Crippen molar-refractivity contribution in [2.24, 2.45) is 23.5 Å². The van der Waals surface area contributed by atoms with E-state index < -0.39 is 0 Å². The quantitative estimate of drug-likeness (QED) is 0.813. The minimum Gasteiger partial charge on any atom is -0.464 e. The molecule has 0 saturated heterocycles. The number of rotatable bonds is 6. The minimum atomic E-state index is 0.181. The average molecular weight is 248 g/mol. The van der Waals surface area contributed by atoms with E-state index in [9.17, 15) is 0 Å². The van der Waals surface area contributed by atoms with Gasteiger partial charge in [0.25, 0.3) is 0 Å². The van der Waals surface area contributed by atoms with Crippen LogP contribution in [0.4, 0.5) is 0 Å². The van der Waals surface area contributed by atoms with Crippen LogP contribution in [0.2, 0.25) is 0 Å². The number of hydrogen-bond donors (Lipinski definition) is 2. The summed E-state index contributed by atoms with van der Waals surface area (Å²) in [5.41, 5.74) is 5.85. The van der Waals surface area contributed by atoms with Crippen LogP contribution in [0, 0.1) is 17.8 Å². The van der Waals surface area contributed by atoms with Gasteiger partial charge in [0, 0.05) is 12.5 Å². The van der Waals surface area contributed by atoms with E-state index in [1.54, 1.807) is 0 Å². The first-order valence-corrected chi connectivity index (χ1v) is 7.22. The van der Waals surface area contributed by atoms with E-state index in [1.807, 2.05) is 0 Å². The zero-order valence-corrected chi connectivity index (χ0v) is 11.4. The van der Waals surface area contributed by atoms with Gasteiger partial charge in [-0.05, 0) is 49.3 Å². The van der Waals surface area contributed by atoms with Crippen molar-refractivity contribution in [3.8, 4) is 0 Å². The van der Waals surface area contributed by atoms with Crippen molar-refractivity contribution >= 4 is 0 Å². The summed E-state index contributed by atoms with van der Waals surface area (Å²) in [6.45, 7) is 6.26. The van der Waals surface area contributed by atoms with Crippen LogP contribution >= 0.6 is 0 Å². The van der Waals surface area contributed by atoms with Gasteiger partial charge in [-0.2, -0.15) is 0 Å². The fraction of sp³-hybridized carbons (Fsp3) is 0.733. The van der Waals surface area contributed by atoms with Crippen LogP contribution in [-0.2, 0) is 0 Å². The van der Waals surface area contributed by atoms with Gasteiger partial charge in [-0.3, -0.25) is 0 Å². The van der Waals surface area contributed by atoms with Gasteiger partial charge in [-0.1, -0.05) is 13.8 Å². The summed E-state index contributed by atoms with van der Waals surface area (Å²) in [6.07, 6.45) is 2.63. The molecule has 1 aromatic rings. The van der Waals surface area contributed by atoms with Crippen LogP contribution in [0.1, 0.15) is 50.2 Å².